The van der Waals surface area contributed by atoms with Crippen molar-refractivity contribution in [3.8, 4) is 22.6 Å². The van der Waals surface area contributed by atoms with Gasteiger partial charge in [0.05, 0.1) is 23.0 Å². The average molecular weight is 607 g/mol. The van der Waals surface area contributed by atoms with Gasteiger partial charge in [-0.15, -0.1) is 0 Å². The van der Waals surface area contributed by atoms with E-state index in [1.54, 1.807) is 0 Å². The Morgan fingerprint density at radius 2 is 1.09 bits per heavy atom. The van der Waals surface area contributed by atoms with E-state index in [1.165, 1.54) is 22.3 Å². The van der Waals surface area contributed by atoms with Crippen molar-refractivity contribution in [2.24, 2.45) is 5.41 Å². The minimum Gasteiger partial charge on any atom is -0.491 e. The molecule has 0 saturated carbocycles. The van der Waals surface area contributed by atoms with Gasteiger partial charge in [-0.3, -0.25) is 4.79 Å². The molecule has 0 bridgehead atoms. The van der Waals surface area contributed by atoms with Crippen molar-refractivity contribution >= 4 is 5.97 Å². The summed E-state index contributed by atoms with van der Waals surface area (Å²) in [5.41, 5.74) is 6.08. The highest BCUT2D eigenvalue weighted by Gasteiger charge is 2.45. The van der Waals surface area contributed by atoms with Gasteiger partial charge < -0.3 is 18.9 Å². The van der Waals surface area contributed by atoms with Gasteiger partial charge in [0, 0.05) is 0 Å². The summed E-state index contributed by atoms with van der Waals surface area (Å²) >= 11 is 0. The van der Waals surface area contributed by atoms with Crippen LogP contribution in [0, 0.1) is 5.41 Å². The molecule has 5 nitrogen and oxygen atoms in total. The maximum absolute atomic E-state index is 12.5. The van der Waals surface area contributed by atoms with Crippen molar-refractivity contribution in [3.05, 3.63) is 119 Å². The van der Waals surface area contributed by atoms with Crippen LogP contribution in [-0.2, 0) is 19.7 Å². The smallest absolute Gasteiger partial charge is 0.311 e. The fourth-order valence-electron chi connectivity index (χ4n) is 6.35. The van der Waals surface area contributed by atoms with Crippen LogP contribution in [0.2, 0.25) is 0 Å². The summed E-state index contributed by atoms with van der Waals surface area (Å²) in [5, 5.41) is 0. The first-order valence-corrected chi connectivity index (χ1v) is 16.0. The van der Waals surface area contributed by atoms with Crippen molar-refractivity contribution in [2.45, 2.75) is 65.4 Å². The molecule has 0 N–H and O–H groups in total. The number of esters is 1. The fourth-order valence-corrected chi connectivity index (χ4v) is 6.35. The molecule has 236 valence electrons. The van der Waals surface area contributed by atoms with Gasteiger partial charge >= 0.3 is 5.97 Å². The molecule has 5 heteroatoms. The lowest BCUT2D eigenvalue weighted by molar-refractivity contribution is -0.155. The summed E-state index contributed by atoms with van der Waals surface area (Å²) in [7, 11) is 0. The van der Waals surface area contributed by atoms with Gasteiger partial charge in [-0.25, -0.2) is 0 Å². The van der Waals surface area contributed by atoms with E-state index in [9.17, 15) is 4.79 Å². The third-order valence-electron chi connectivity index (χ3n) is 8.43. The van der Waals surface area contributed by atoms with Gasteiger partial charge in [0.1, 0.15) is 31.3 Å². The summed E-state index contributed by atoms with van der Waals surface area (Å²) < 4.78 is 23.4. The predicted octanol–water partition coefficient (Wildman–Crippen LogP) is 8.99. The molecule has 0 radical (unpaired) electrons. The van der Waals surface area contributed by atoms with Crippen molar-refractivity contribution in [2.75, 3.05) is 26.4 Å². The number of benzene rings is 4. The molecule has 0 aliphatic heterocycles. The lowest BCUT2D eigenvalue weighted by Gasteiger charge is -2.34. The van der Waals surface area contributed by atoms with Crippen LogP contribution >= 0.6 is 0 Å². The number of ether oxygens (including phenoxy) is 4. The highest BCUT2D eigenvalue weighted by Crippen LogP contribution is 2.56. The Hall–Kier alpha value is -4.09. The molecule has 0 amide bonds. The molecule has 1 aliphatic rings. The highest BCUT2D eigenvalue weighted by atomic mass is 16.6. The van der Waals surface area contributed by atoms with Crippen LogP contribution < -0.4 is 9.47 Å². The lowest BCUT2D eigenvalue weighted by Crippen LogP contribution is -2.28. The van der Waals surface area contributed by atoms with Crippen molar-refractivity contribution in [3.63, 3.8) is 0 Å². The fraction of sp³-hybridized carbons (Fsp3) is 0.375. The summed E-state index contributed by atoms with van der Waals surface area (Å²) in [6.45, 7) is 13.6. The zero-order chi connectivity index (χ0) is 32.1. The third kappa shape index (κ3) is 6.94. The minimum atomic E-state index is -0.514. The highest BCUT2D eigenvalue weighted by molar-refractivity contribution is 5.86. The van der Waals surface area contributed by atoms with Gasteiger partial charge in [0.15, 0.2) is 0 Å². The number of carbonyl (C=O) groups excluding carboxylic acids is 1. The molecule has 0 aromatic heterocycles. The van der Waals surface area contributed by atoms with E-state index in [1.807, 2.05) is 46.8 Å². The number of hydrogen-bond acceptors (Lipinski definition) is 5. The number of hydrogen-bond donors (Lipinski definition) is 0. The third-order valence-corrected chi connectivity index (χ3v) is 8.43. The molecule has 1 aliphatic carbocycles. The van der Waals surface area contributed by atoms with Crippen LogP contribution in [0.3, 0.4) is 0 Å². The van der Waals surface area contributed by atoms with Crippen molar-refractivity contribution < 1.29 is 23.7 Å². The van der Waals surface area contributed by atoms with Crippen molar-refractivity contribution in [1.82, 2.24) is 0 Å². The second-order valence-electron chi connectivity index (χ2n) is 13.3. The first-order chi connectivity index (χ1) is 21.6. The van der Waals surface area contributed by atoms with Crippen LogP contribution in [0.25, 0.3) is 11.1 Å². The number of rotatable bonds is 13. The summed E-state index contributed by atoms with van der Waals surface area (Å²) in [6, 6.07) is 34.1. The molecular weight excluding hydrogens is 560 g/mol. The largest absolute Gasteiger partial charge is 0.491 e. The Balaban J connectivity index is 1.41. The topological polar surface area (TPSA) is 54.0 Å². The molecule has 45 heavy (non-hydrogen) atoms. The maximum Gasteiger partial charge on any atom is 0.311 e. The first kappa shape index (κ1) is 32.3. The Labute approximate surface area is 268 Å². The van der Waals surface area contributed by atoms with E-state index in [0.29, 0.717) is 19.8 Å². The Morgan fingerprint density at radius 3 is 1.56 bits per heavy atom. The van der Waals surface area contributed by atoms with E-state index in [2.05, 4.69) is 91.9 Å². The molecule has 0 saturated heterocycles. The molecule has 0 heterocycles. The second kappa shape index (κ2) is 13.5. The molecule has 4 aromatic rings. The molecule has 4 aromatic carbocycles. The Morgan fingerprint density at radius 1 is 0.622 bits per heavy atom. The Kier molecular flexibility index (Phi) is 9.69. The summed E-state index contributed by atoms with van der Waals surface area (Å²) in [6.07, 6.45) is 1.73. The van der Waals surface area contributed by atoms with E-state index in [4.69, 9.17) is 18.9 Å². The van der Waals surface area contributed by atoms with Gasteiger partial charge in [0.25, 0.3) is 0 Å². The molecule has 0 spiro atoms. The van der Waals surface area contributed by atoms with E-state index in [0.717, 1.165) is 35.5 Å². The quantitative estimate of drug-likeness (QED) is 0.0989. The van der Waals surface area contributed by atoms with Crippen LogP contribution in [-0.4, -0.2) is 38.0 Å². The zero-order valence-electron chi connectivity index (χ0n) is 27.5. The molecule has 0 unspecified atom stereocenters. The number of fused-ring (bicyclic) bond motifs is 3. The number of carbonyl (C=O) groups is 1. The standard InChI is InChI=1S/C40H46O5/c1-7-24-39(5,6)37(41)44-26-25-42-31-20-16-29(17-21-31)40(30-18-22-32(23-19-30)43-27-28-45-38(2,3)4)35-14-10-8-12-33(35)34-13-9-11-15-36(34)40/h8-23H,7,24-28H2,1-6H3. The normalized spacial score (nSPS) is 13.6. The average Bonchev–Trinajstić information content (AvgIpc) is 3.33. The lowest BCUT2D eigenvalue weighted by atomic mass is 9.68. The van der Waals surface area contributed by atoms with Gasteiger partial charge in [-0.2, -0.15) is 0 Å². The van der Waals surface area contributed by atoms with Crippen LogP contribution in [0.1, 0.15) is 76.6 Å². The summed E-state index contributed by atoms with van der Waals surface area (Å²) in [4.78, 5) is 12.5. The molecular formula is C40H46O5. The summed E-state index contributed by atoms with van der Waals surface area (Å²) in [5.74, 6) is 1.37. The SMILES string of the molecule is CCCC(C)(C)C(=O)OCCOc1ccc(C2(c3ccc(OCCOC(C)(C)C)cc3)c3ccccc3-c3ccccc32)cc1. The minimum absolute atomic E-state index is 0.182. The van der Waals surface area contributed by atoms with E-state index < -0.39 is 10.8 Å². The maximum atomic E-state index is 12.5. The van der Waals surface area contributed by atoms with E-state index in [-0.39, 0.29) is 18.2 Å². The van der Waals surface area contributed by atoms with Gasteiger partial charge in [-0.1, -0.05) is 86.1 Å². The monoisotopic (exact) mass is 606 g/mol. The van der Waals surface area contributed by atoms with Crippen LogP contribution in [0.4, 0.5) is 0 Å². The van der Waals surface area contributed by atoms with Crippen molar-refractivity contribution in [1.29, 1.82) is 0 Å². The van der Waals surface area contributed by atoms with Crippen LogP contribution in [0.15, 0.2) is 97.1 Å². The van der Waals surface area contributed by atoms with Gasteiger partial charge in [-0.05, 0) is 98.7 Å². The van der Waals surface area contributed by atoms with Gasteiger partial charge in [0.2, 0.25) is 0 Å². The molecule has 0 atom stereocenters. The van der Waals surface area contributed by atoms with E-state index >= 15 is 0 Å². The first-order valence-electron chi connectivity index (χ1n) is 16.0. The van der Waals surface area contributed by atoms with Crippen LogP contribution in [0.5, 0.6) is 11.5 Å². The predicted molar refractivity (Wildman–Crippen MR) is 180 cm³/mol. The zero-order valence-corrected chi connectivity index (χ0v) is 27.5. The second-order valence-corrected chi connectivity index (χ2v) is 13.3. The molecule has 0 fully saturated rings. The Bertz CT molecular complexity index is 1530. The molecule has 5 rings (SSSR count).